The Balaban J connectivity index is 1.56. The van der Waals surface area contributed by atoms with Gasteiger partial charge in [-0.15, -0.1) is 11.3 Å². The summed E-state index contributed by atoms with van der Waals surface area (Å²) in [5, 5.41) is 7.76. The number of carbonyl (C=O) groups is 2. The monoisotopic (exact) mass is 512 g/mol. The molecular formula is C27H20N4O3S2. The molecule has 1 unspecified atom stereocenters. The zero-order chi connectivity index (χ0) is 25.0. The summed E-state index contributed by atoms with van der Waals surface area (Å²) < 4.78 is 1.86. The van der Waals surface area contributed by atoms with Gasteiger partial charge >= 0.3 is 0 Å². The van der Waals surface area contributed by atoms with E-state index in [9.17, 15) is 14.4 Å². The van der Waals surface area contributed by atoms with Gasteiger partial charge in [0.05, 0.1) is 16.8 Å². The molecule has 2 amide bonds. The zero-order valence-corrected chi connectivity index (χ0v) is 21.0. The van der Waals surface area contributed by atoms with Crippen LogP contribution in [-0.2, 0) is 9.59 Å². The van der Waals surface area contributed by atoms with Crippen molar-refractivity contribution in [3.63, 3.8) is 0 Å². The summed E-state index contributed by atoms with van der Waals surface area (Å²) in [6.45, 7) is 3.71. The number of anilines is 2. The fraction of sp³-hybridized carbons (Fsp3) is 0.111. The third-order valence-electron chi connectivity index (χ3n) is 6.35. The van der Waals surface area contributed by atoms with Crippen molar-refractivity contribution in [3.8, 4) is 0 Å². The molecule has 2 aliphatic rings. The number of nitrogens with one attached hydrogen (secondary N) is 2. The van der Waals surface area contributed by atoms with Crippen molar-refractivity contribution in [2.45, 2.75) is 19.9 Å². The topological polar surface area (TPSA) is 92.6 Å². The van der Waals surface area contributed by atoms with Crippen LogP contribution in [0.2, 0.25) is 0 Å². The van der Waals surface area contributed by atoms with Crippen LogP contribution in [0.1, 0.15) is 29.0 Å². The molecule has 4 aromatic rings. The summed E-state index contributed by atoms with van der Waals surface area (Å²) in [5.41, 5.74) is 3.93. The summed E-state index contributed by atoms with van der Waals surface area (Å²) >= 11 is 2.64. The lowest BCUT2D eigenvalue weighted by molar-refractivity contribution is -0.113. The van der Waals surface area contributed by atoms with Gasteiger partial charge in [-0.1, -0.05) is 53.8 Å². The van der Waals surface area contributed by atoms with Crippen LogP contribution >= 0.6 is 22.7 Å². The molecule has 7 nitrogen and oxygen atoms in total. The molecule has 2 N–H and O–H groups in total. The van der Waals surface area contributed by atoms with Crippen LogP contribution in [0, 0.1) is 6.92 Å². The van der Waals surface area contributed by atoms with E-state index in [4.69, 9.17) is 0 Å². The van der Waals surface area contributed by atoms with Gasteiger partial charge in [0.15, 0.2) is 4.80 Å². The number of rotatable bonds is 3. The van der Waals surface area contributed by atoms with Gasteiger partial charge in [0, 0.05) is 21.8 Å². The van der Waals surface area contributed by atoms with E-state index in [1.807, 2.05) is 73.0 Å². The van der Waals surface area contributed by atoms with Crippen LogP contribution in [0.15, 0.2) is 87.1 Å². The molecule has 0 fully saturated rings. The van der Waals surface area contributed by atoms with Crippen LogP contribution < -0.4 is 25.5 Å². The van der Waals surface area contributed by atoms with Gasteiger partial charge in [-0.2, -0.15) is 0 Å². The molecular weight excluding hydrogens is 492 g/mol. The number of hydrogen-bond acceptors (Lipinski definition) is 6. The lowest BCUT2D eigenvalue weighted by Gasteiger charge is -2.24. The van der Waals surface area contributed by atoms with Crippen LogP contribution in [-0.4, -0.2) is 16.4 Å². The molecule has 9 heteroatoms. The average molecular weight is 513 g/mol. The number of hydrogen-bond donors (Lipinski definition) is 2. The Labute approximate surface area is 213 Å². The van der Waals surface area contributed by atoms with Crippen molar-refractivity contribution in [3.05, 3.63) is 113 Å². The summed E-state index contributed by atoms with van der Waals surface area (Å²) in [5.74, 6) is -0.631. The molecule has 178 valence electrons. The minimum atomic E-state index is -0.653. The highest BCUT2D eigenvalue weighted by molar-refractivity contribution is 7.10. The van der Waals surface area contributed by atoms with Crippen molar-refractivity contribution >= 4 is 51.4 Å². The first-order chi connectivity index (χ1) is 17.4. The average Bonchev–Trinajstić information content (AvgIpc) is 3.57. The van der Waals surface area contributed by atoms with Gasteiger partial charge in [0.2, 0.25) is 0 Å². The Bertz CT molecular complexity index is 1780. The van der Waals surface area contributed by atoms with Crippen LogP contribution in [0.3, 0.4) is 0 Å². The van der Waals surface area contributed by atoms with Crippen LogP contribution in [0.25, 0.3) is 5.57 Å². The molecule has 2 aromatic carbocycles. The number of thiazole rings is 1. The number of aromatic nitrogens is 1. The van der Waals surface area contributed by atoms with E-state index in [0.717, 1.165) is 10.4 Å². The molecule has 2 aromatic heterocycles. The van der Waals surface area contributed by atoms with Crippen molar-refractivity contribution in [1.82, 2.24) is 4.57 Å². The number of para-hydroxylation sites is 2. The minimum absolute atomic E-state index is 0.311. The fourth-order valence-corrected chi connectivity index (χ4v) is 6.59. The maximum atomic E-state index is 13.9. The molecule has 0 aliphatic carbocycles. The Morgan fingerprint density at radius 3 is 2.58 bits per heavy atom. The number of aryl methyl sites for hydroxylation is 1. The van der Waals surface area contributed by atoms with Gasteiger partial charge in [0.1, 0.15) is 10.6 Å². The van der Waals surface area contributed by atoms with Crippen molar-refractivity contribution in [2.24, 2.45) is 4.99 Å². The highest BCUT2D eigenvalue weighted by Crippen LogP contribution is 2.34. The number of nitrogens with zero attached hydrogens (tertiary/aromatic N) is 2. The van der Waals surface area contributed by atoms with Gasteiger partial charge in [0.25, 0.3) is 17.4 Å². The Kier molecular flexibility index (Phi) is 5.31. The van der Waals surface area contributed by atoms with Gasteiger partial charge < -0.3 is 10.6 Å². The maximum Gasteiger partial charge on any atom is 0.272 e. The van der Waals surface area contributed by atoms with E-state index in [0.29, 0.717) is 43.1 Å². The number of fused-ring (bicyclic) bond motifs is 2. The first kappa shape index (κ1) is 22.4. The van der Waals surface area contributed by atoms with Gasteiger partial charge in [-0.3, -0.25) is 19.0 Å². The molecule has 0 saturated carbocycles. The molecule has 0 radical (unpaired) electrons. The lowest BCUT2D eigenvalue weighted by Crippen LogP contribution is -2.41. The first-order valence-electron chi connectivity index (χ1n) is 11.3. The molecule has 0 spiro atoms. The van der Waals surface area contributed by atoms with E-state index in [1.165, 1.54) is 22.7 Å². The second-order valence-corrected chi connectivity index (χ2v) is 10.5. The number of thiophene rings is 1. The standard InChI is InChI=1S/C27H20N4O3S2/c1-14-8-3-5-10-17(14)29-24(32)20-15(2)28-27-31(22(20)19-12-7-13-35-19)26(34)23(36-27)21-16-9-4-6-11-18(16)30-25(21)33/h3-13,22H,1-2H3,(H,29,32)(H,30,33)/b23-21+. The van der Waals surface area contributed by atoms with Crippen LogP contribution in [0.5, 0.6) is 0 Å². The Morgan fingerprint density at radius 1 is 1.03 bits per heavy atom. The number of benzene rings is 2. The number of carbonyl (C=O) groups excluding carboxylic acids is 2. The molecule has 0 bridgehead atoms. The third kappa shape index (κ3) is 3.47. The maximum absolute atomic E-state index is 13.9. The van der Waals surface area contributed by atoms with Gasteiger partial charge in [-0.25, -0.2) is 4.99 Å². The summed E-state index contributed by atoms with van der Waals surface area (Å²) in [4.78, 5) is 46.4. The lowest BCUT2D eigenvalue weighted by atomic mass is 10.0. The largest absolute Gasteiger partial charge is 0.322 e. The molecule has 36 heavy (non-hydrogen) atoms. The predicted octanol–water partition coefficient (Wildman–Crippen LogP) is 3.57. The van der Waals surface area contributed by atoms with E-state index in [-0.39, 0.29) is 17.4 Å². The summed E-state index contributed by atoms with van der Waals surface area (Å²) in [7, 11) is 0. The summed E-state index contributed by atoms with van der Waals surface area (Å²) in [6.07, 6.45) is 0. The normalized spacial score (nSPS) is 17.8. The van der Waals surface area contributed by atoms with E-state index in [1.54, 1.807) is 11.5 Å². The Morgan fingerprint density at radius 2 is 1.81 bits per heavy atom. The molecule has 4 heterocycles. The highest BCUT2D eigenvalue weighted by Gasteiger charge is 2.35. The minimum Gasteiger partial charge on any atom is -0.322 e. The first-order valence-corrected chi connectivity index (χ1v) is 13.0. The fourth-order valence-electron chi connectivity index (χ4n) is 4.62. The Hall–Kier alpha value is -4.08. The second kappa shape index (κ2) is 8.54. The quantitative estimate of drug-likeness (QED) is 0.440. The zero-order valence-electron chi connectivity index (χ0n) is 19.4. The summed E-state index contributed by atoms with van der Waals surface area (Å²) in [6, 6.07) is 18.0. The highest BCUT2D eigenvalue weighted by atomic mass is 32.1. The van der Waals surface area contributed by atoms with Crippen molar-refractivity contribution in [1.29, 1.82) is 0 Å². The number of amides is 2. The van der Waals surface area contributed by atoms with Crippen molar-refractivity contribution in [2.75, 3.05) is 10.6 Å². The third-order valence-corrected chi connectivity index (χ3v) is 8.32. The molecule has 6 rings (SSSR count). The van der Waals surface area contributed by atoms with Crippen molar-refractivity contribution < 1.29 is 9.59 Å². The smallest absolute Gasteiger partial charge is 0.272 e. The van der Waals surface area contributed by atoms with E-state index >= 15 is 0 Å². The molecule has 1 atom stereocenters. The van der Waals surface area contributed by atoms with E-state index in [2.05, 4.69) is 15.6 Å². The molecule has 0 saturated heterocycles. The predicted molar refractivity (Wildman–Crippen MR) is 142 cm³/mol. The van der Waals surface area contributed by atoms with E-state index < -0.39 is 6.04 Å². The SMILES string of the molecule is CC1=C(C(=O)Nc2ccccc2C)C(c2cccs2)n2c(s/c(=C3/C(=O)Nc4ccccc43)c2=O)=N1. The van der Waals surface area contributed by atoms with Gasteiger partial charge in [-0.05, 0) is 43.0 Å². The number of allylic oxidation sites excluding steroid dienone is 1. The molecule has 2 aliphatic heterocycles. The van der Waals surface area contributed by atoms with Crippen LogP contribution in [0.4, 0.5) is 11.4 Å². The second-order valence-electron chi connectivity index (χ2n) is 8.56.